The molecule has 1 aromatic rings. The van der Waals surface area contributed by atoms with Gasteiger partial charge in [-0.25, -0.2) is 0 Å². The van der Waals surface area contributed by atoms with Gasteiger partial charge in [-0.05, 0) is 0 Å². The van der Waals surface area contributed by atoms with Gasteiger partial charge in [0.25, 0.3) is 0 Å². The van der Waals surface area contributed by atoms with Gasteiger partial charge in [0.15, 0.2) is 0 Å². The van der Waals surface area contributed by atoms with Gasteiger partial charge < -0.3 is 0 Å². The normalized spacial score (nSPS) is 18.8. The summed E-state index contributed by atoms with van der Waals surface area (Å²) in [5, 5.41) is 0. The number of rotatable bonds is 0. The Morgan fingerprint density at radius 3 is 2.62 bits per heavy atom. The minimum atomic E-state index is -4.14. The van der Waals surface area contributed by atoms with E-state index in [9.17, 15) is 13.2 Å². The molecule has 13 heavy (non-hydrogen) atoms. The van der Waals surface area contributed by atoms with Gasteiger partial charge in [0.1, 0.15) is 0 Å². The number of hydrogen-bond donors (Lipinski definition) is 0. The average Bonchev–Trinajstić information content (AvgIpc) is 2.45. The first-order chi connectivity index (χ1) is 6.09. The van der Waals surface area contributed by atoms with Crippen molar-refractivity contribution >= 4 is 20.2 Å². The Morgan fingerprint density at radius 2 is 1.92 bits per heavy atom. The van der Waals surface area contributed by atoms with Gasteiger partial charge in [-0.15, -0.1) is 0 Å². The molecule has 0 spiro atoms. The Bertz CT molecular complexity index is 323. The predicted octanol–water partition coefficient (Wildman–Crippen LogP) is 3.33. The van der Waals surface area contributed by atoms with E-state index >= 15 is 0 Å². The monoisotopic (exact) mass is 302 g/mol. The molecule has 2 rings (SSSR count). The summed E-state index contributed by atoms with van der Waals surface area (Å²) in [6.45, 7) is 0.126. The van der Waals surface area contributed by atoms with Crippen LogP contribution in [0.4, 0.5) is 13.2 Å². The van der Waals surface area contributed by atoms with E-state index in [0.29, 0.717) is 9.13 Å². The zero-order valence-corrected chi connectivity index (χ0v) is 8.59. The van der Waals surface area contributed by atoms with Crippen LogP contribution in [0.2, 0.25) is 0 Å². The van der Waals surface area contributed by atoms with Crippen molar-refractivity contribution in [2.75, 3.05) is 0 Å². The van der Waals surface area contributed by atoms with E-state index < -0.39 is 24.4 Å². The third kappa shape index (κ3) is 1.67. The molecular formula is C8H6F3IO. The SMILES string of the molecule is FC(F)(F)I1OCc2ccccc21. The molecule has 1 nitrogen and oxygen atoms in total. The fourth-order valence-electron chi connectivity index (χ4n) is 1.13. The third-order valence-corrected chi connectivity index (χ3v) is 5.81. The van der Waals surface area contributed by atoms with Crippen molar-refractivity contribution < 1.29 is 16.2 Å². The topological polar surface area (TPSA) is 9.23 Å². The molecule has 0 N–H and O–H groups in total. The third-order valence-electron chi connectivity index (χ3n) is 1.66. The van der Waals surface area contributed by atoms with E-state index in [1.165, 1.54) is 6.07 Å². The zero-order chi connectivity index (χ0) is 9.47. The van der Waals surface area contributed by atoms with Crippen molar-refractivity contribution in [3.63, 3.8) is 0 Å². The van der Waals surface area contributed by atoms with Gasteiger partial charge in [0.05, 0.1) is 0 Å². The van der Waals surface area contributed by atoms with Crippen molar-refractivity contribution in [3.05, 3.63) is 33.4 Å². The summed E-state index contributed by atoms with van der Waals surface area (Å²) in [7, 11) is 0. The summed E-state index contributed by atoms with van der Waals surface area (Å²) in [6, 6.07) is 6.58. The van der Waals surface area contributed by atoms with Gasteiger partial charge in [-0.3, -0.25) is 0 Å². The fourth-order valence-corrected chi connectivity index (χ4v) is 4.63. The van der Waals surface area contributed by atoms with Crippen molar-refractivity contribution in [2.45, 2.75) is 10.8 Å². The van der Waals surface area contributed by atoms with Crippen LogP contribution in [0, 0.1) is 3.57 Å². The van der Waals surface area contributed by atoms with Crippen molar-refractivity contribution in [2.24, 2.45) is 0 Å². The first kappa shape index (κ1) is 9.26. The van der Waals surface area contributed by atoms with Crippen LogP contribution in [0.25, 0.3) is 0 Å². The summed E-state index contributed by atoms with van der Waals surface area (Å²) in [4.78, 5) is 0. The van der Waals surface area contributed by atoms with Crippen LogP contribution in [-0.4, -0.2) is 4.18 Å². The van der Waals surface area contributed by atoms with Crippen molar-refractivity contribution in [3.8, 4) is 0 Å². The van der Waals surface area contributed by atoms with E-state index in [2.05, 4.69) is 0 Å². The van der Waals surface area contributed by atoms with Crippen LogP contribution in [0.5, 0.6) is 0 Å². The van der Waals surface area contributed by atoms with Gasteiger partial charge >= 0.3 is 80.7 Å². The number of halogens is 4. The second kappa shape index (κ2) is 3.13. The van der Waals surface area contributed by atoms with E-state index in [1.807, 2.05) is 0 Å². The van der Waals surface area contributed by atoms with Crippen LogP contribution in [0.1, 0.15) is 5.56 Å². The van der Waals surface area contributed by atoms with E-state index in [4.69, 9.17) is 3.07 Å². The van der Waals surface area contributed by atoms with Gasteiger partial charge in [-0.2, -0.15) is 0 Å². The van der Waals surface area contributed by atoms with Crippen molar-refractivity contribution in [1.29, 1.82) is 0 Å². The Balaban J connectivity index is 2.39. The molecule has 5 heteroatoms. The fraction of sp³-hybridized carbons (Fsp3) is 0.250. The van der Waals surface area contributed by atoms with Crippen LogP contribution >= 0.6 is 20.2 Å². The molecule has 1 aliphatic rings. The quantitative estimate of drug-likeness (QED) is 0.527. The molecule has 0 amide bonds. The minimum absolute atomic E-state index is 0.126. The molecule has 1 aromatic carbocycles. The maximum absolute atomic E-state index is 12.4. The molecule has 72 valence electrons. The summed E-state index contributed by atoms with van der Waals surface area (Å²) in [5.74, 6) is 0. The molecule has 0 aromatic heterocycles. The van der Waals surface area contributed by atoms with Crippen molar-refractivity contribution in [1.82, 2.24) is 0 Å². The number of alkyl halides is 4. The molecule has 0 aliphatic carbocycles. The number of benzene rings is 1. The van der Waals surface area contributed by atoms with Gasteiger partial charge in [-0.1, -0.05) is 0 Å². The Kier molecular flexibility index (Phi) is 2.23. The Labute approximate surface area is 80.8 Å². The molecule has 0 saturated heterocycles. The molecule has 0 atom stereocenters. The maximum atomic E-state index is 12.4. The van der Waals surface area contributed by atoms with Crippen LogP contribution in [-0.2, 0) is 9.67 Å². The van der Waals surface area contributed by atoms with Gasteiger partial charge in [0, 0.05) is 0 Å². The molecular weight excluding hydrogens is 296 g/mol. The first-order valence-corrected chi connectivity index (χ1v) is 6.61. The predicted molar refractivity (Wildman–Crippen MR) is 50.0 cm³/mol. The van der Waals surface area contributed by atoms with Crippen LogP contribution in [0.3, 0.4) is 0 Å². The second-order valence-electron chi connectivity index (χ2n) is 2.52. The summed E-state index contributed by atoms with van der Waals surface area (Å²) in [5.41, 5.74) is 0.699. The summed E-state index contributed by atoms with van der Waals surface area (Å²) >= 11 is -3.35. The molecule has 0 unspecified atom stereocenters. The number of hydrogen-bond acceptors (Lipinski definition) is 1. The van der Waals surface area contributed by atoms with Crippen LogP contribution in [0.15, 0.2) is 24.3 Å². The molecule has 0 radical (unpaired) electrons. The molecule has 0 saturated carbocycles. The standard InChI is InChI=1S/C8H6F3IO/c9-8(10,11)12-7-4-2-1-3-6(7)5-13-12/h1-4H,5H2. The Morgan fingerprint density at radius 1 is 1.23 bits per heavy atom. The molecule has 0 bridgehead atoms. The van der Waals surface area contributed by atoms with E-state index in [-0.39, 0.29) is 6.61 Å². The van der Waals surface area contributed by atoms with E-state index in [1.54, 1.807) is 18.2 Å². The molecule has 1 aliphatic heterocycles. The summed E-state index contributed by atoms with van der Waals surface area (Å²) in [6.07, 6.45) is 0. The first-order valence-electron chi connectivity index (χ1n) is 3.57. The average molecular weight is 302 g/mol. The van der Waals surface area contributed by atoms with Gasteiger partial charge in [0.2, 0.25) is 0 Å². The number of fused-ring (bicyclic) bond motifs is 1. The van der Waals surface area contributed by atoms with Crippen LogP contribution < -0.4 is 0 Å². The zero-order valence-electron chi connectivity index (χ0n) is 6.44. The second-order valence-corrected chi connectivity index (χ2v) is 6.95. The molecule has 1 heterocycles. The molecule has 0 fully saturated rings. The Hall–Kier alpha value is -0.300. The van der Waals surface area contributed by atoms with E-state index in [0.717, 1.165) is 0 Å². The summed E-state index contributed by atoms with van der Waals surface area (Å²) < 4.78 is 38.2.